The van der Waals surface area contributed by atoms with Crippen LogP contribution in [0.15, 0.2) is 30.3 Å². The van der Waals surface area contributed by atoms with Crippen LogP contribution in [0.3, 0.4) is 0 Å². The second-order valence-electron chi connectivity index (χ2n) is 11.0. The van der Waals surface area contributed by atoms with Crippen molar-refractivity contribution in [1.29, 1.82) is 0 Å². The van der Waals surface area contributed by atoms with E-state index in [1.54, 1.807) is 4.90 Å². The van der Waals surface area contributed by atoms with Crippen molar-refractivity contribution in [2.45, 2.75) is 58.9 Å². The van der Waals surface area contributed by atoms with Gasteiger partial charge in [0.1, 0.15) is 5.75 Å². The maximum Gasteiger partial charge on any atom is 0.274 e. The Morgan fingerprint density at radius 1 is 0.889 bits per heavy atom. The summed E-state index contributed by atoms with van der Waals surface area (Å²) in [4.78, 5) is 32.1. The zero-order valence-corrected chi connectivity index (χ0v) is 22.3. The molecule has 0 atom stereocenters. The highest BCUT2D eigenvalue weighted by molar-refractivity contribution is 5.95. The Hall–Kier alpha value is -2.87. The molecule has 4 rings (SSSR count). The first-order chi connectivity index (χ1) is 17.2. The first kappa shape index (κ1) is 26.2. The fourth-order valence-corrected chi connectivity index (χ4v) is 5.07. The number of hydrogen-bond donors (Lipinski definition) is 0. The summed E-state index contributed by atoms with van der Waals surface area (Å²) in [6, 6.07) is 9.27. The predicted molar refractivity (Wildman–Crippen MR) is 141 cm³/mol. The second-order valence-corrected chi connectivity index (χ2v) is 11.0. The van der Waals surface area contributed by atoms with E-state index < -0.39 is 0 Å². The number of hydrogen-bond acceptors (Lipinski definition) is 5. The molecule has 3 heterocycles. The molecule has 2 saturated heterocycles. The highest BCUT2D eigenvalue weighted by Gasteiger charge is 2.28. The van der Waals surface area contributed by atoms with E-state index in [0.29, 0.717) is 44.0 Å². The van der Waals surface area contributed by atoms with E-state index in [1.807, 2.05) is 46.8 Å². The third kappa shape index (κ3) is 6.46. The van der Waals surface area contributed by atoms with E-state index in [1.165, 1.54) is 32.4 Å². The van der Waals surface area contributed by atoms with Gasteiger partial charge in [-0.25, -0.2) is 0 Å². The molecule has 0 bridgehead atoms. The number of piperidine rings is 1. The molecule has 2 aromatic rings. The zero-order valence-electron chi connectivity index (χ0n) is 22.3. The summed E-state index contributed by atoms with van der Waals surface area (Å²) in [6.07, 6.45) is 4.99. The minimum Gasteiger partial charge on any atom is -0.494 e. The third-order valence-corrected chi connectivity index (χ3v) is 7.03. The van der Waals surface area contributed by atoms with Gasteiger partial charge >= 0.3 is 0 Å². The molecule has 0 N–H and O–H groups in total. The van der Waals surface area contributed by atoms with Gasteiger partial charge in [-0.2, -0.15) is 5.10 Å². The Bertz CT molecular complexity index is 1030. The summed E-state index contributed by atoms with van der Waals surface area (Å²) >= 11 is 0. The molecule has 2 amide bonds. The maximum absolute atomic E-state index is 13.0. The average molecular weight is 496 g/mol. The van der Waals surface area contributed by atoms with Gasteiger partial charge in [0, 0.05) is 44.0 Å². The largest absolute Gasteiger partial charge is 0.494 e. The van der Waals surface area contributed by atoms with Crippen molar-refractivity contribution in [3.63, 3.8) is 0 Å². The van der Waals surface area contributed by atoms with Crippen LogP contribution in [0.1, 0.15) is 73.0 Å². The molecule has 0 spiro atoms. The number of rotatable bonds is 7. The number of piperazine rings is 1. The SMILES string of the molecule is Cc1cc(C(=O)N2CCN(C(=O)c3ccc(OCCCN4CCCCC4)cc3)CC2)nn1C(C)(C)C. The summed E-state index contributed by atoms with van der Waals surface area (Å²) in [5.74, 6) is 0.715. The molecule has 2 aliphatic heterocycles. The number of likely N-dealkylation sites (tertiary alicyclic amines) is 1. The topological polar surface area (TPSA) is 70.9 Å². The van der Waals surface area contributed by atoms with Crippen LogP contribution >= 0.6 is 0 Å². The Kier molecular flexibility index (Phi) is 8.34. The second kappa shape index (κ2) is 11.5. The lowest BCUT2D eigenvalue weighted by atomic mass is 10.1. The van der Waals surface area contributed by atoms with Crippen LogP contribution in [-0.2, 0) is 5.54 Å². The number of carbonyl (C=O) groups excluding carboxylic acids is 2. The van der Waals surface area contributed by atoms with Crippen LogP contribution < -0.4 is 4.74 Å². The average Bonchev–Trinajstić information content (AvgIpc) is 3.29. The lowest BCUT2D eigenvalue weighted by molar-refractivity contribution is 0.0531. The van der Waals surface area contributed by atoms with Crippen molar-refractivity contribution in [1.82, 2.24) is 24.5 Å². The molecule has 1 aromatic carbocycles. The Morgan fingerprint density at radius 2 is 1.50 bits per heavy atom. The first-order valence-electron chi connectivity index (χ1n) is 13.3. The van der Waals surface area contributed by atoms with Gasteiger partial charge in [-0.1, -0.05) is 6.42 Å². The zero-order chi connectivity index (χ0) is 25.7. The van der Waals surface area contributed by atoms with Crippen LogP contribution in [0, 0.1) is 6.92 Å². The minimum atomic E-state index is -0.179. The van der Waals surface area contributed by atoms with E-state index >= 15 is 0 Å². The minimum absolute atomic E-state index is 0.00778. The van der Waals surface area contributed by atoms with E-state index in [-0.39, 0.29) is 17.4 Å². The van der Waals surface area contributed by atoms with Crippen molar-refractivity contribution in [2.75, 3.05) is 52.4 Å². The third-order valence-electron chi connectivity index (χ3n) is 7.03. The summed E-state index contributed by atoms with van der Waals surface area (Å²) in [5, 5.41) is 4.55. The molecule has 0 aliphatic carbocycles. The summed E-state index contributed by atoms with van der Waals surface area (Å²) in [6.45, 7) is 14.4. The van der Waals surface area contributed by atoms with Crippen LogP contribution in [0.4, 0.5) is 0 Å². The fourth-order valence-electron chi connectivity index (χ4n) is 5.07. The van der Waals surface area contributed by atoms with Crippen molar-refractivity contribution in [3.05, 3.63) is 47.3 Å². The van der Waals surface area contributed by atoms with Crippen LogP contribution in [0.25, 0.3) is 0 Å². The molecule has 0 unspecified atom stereocenters. The smallest absolute Gasteiger partial charge is 0.274 e. The summed E-state index contributed by atoms with van der Waals surface area (Å²) < 4.78 is 7.78. The Balaban J connectivity index is 1.23. The van der Waals surface area contributed by atoms with Gasteiger partial charge in [0.05, 0.1) is 12.1 Å². The summed E-state index contributed by atoms with van der Waals surface area (Å²) in [7, 11) is 0. The van der Waals surface area contributed by atoms with E-state index in [4.69, 9.17) is 4.74 Å². The fraction of sp³-hybridized carbons (Fsp3) is 0.607. The molecule has 8 heteroatoms. The molecule has 0 radical (unpaired) electrons. The van der Waals surface area contributed by atoms with Crippen LogP contribution in [0.2, 0.25) is 0 Å². The maximum atomic E-state index is 13.0. The van der Waals surface area contributed by atoms with Crippen molar-refractivity contribution < 1.29 is 14.3 Å². The Labute approximate surface area is 215 Å². The van der Waals surface area contributed by atoms with E-state index in [0.717, 1.165) is 24.4 Å². The number of nitrogens with zero attached hydrogens (tertiary/aromatic N) is 5. The molecule has 1 aromatic heterocycles. The van der Waals surface area contributed by atoms with Crippen LogP contribution in [-0.4, -0.2) is 88.7 Å². The van der Waals surface area contributed by atoms with Gasteiger partial charge in [-0.15, -0.1) is 0 Å². The summed E-state index contributed by atoms with van der Waals surface area (Å²) in [5.41, 5.74) is 1.90. The first-order valence-corrected chi connectivity index (χ1v) is 13.3. The molecular weight excluding hydrogens is 454 g/mol. The molecule has 36 heavy (non-hydrogen) atoms. The van der Waals surface area contributed by atoms with E-state index in [9.17, 15) is 9.59 Å². The lowest BCUT2D eigenvalue weighted by Crippen LogP contribution is -2.50. The molecule has 2 fully saturated rings. The van der Waals surface area contributed by atoms with Gasteiger partial charge in [0.15, 0.2) is 5.69 Å². The van der Waals surface area contributed by atoms with Crippen molar-refractivity contribution in [3.8, 4) is 5.75 Å². The molecular formula is C28H41N5O3. The number of aryl methyl sites for hydroxylation is 1. The predicted octanol–water partition coefficient (Wildman–Crippen LogP) is 3.80. The molecule has 196 valence electrons. The lowest BCUT2D eigenvalue weighted by Gasteiger charge is -2.34. The Morgan fingerprint density at radius 3 is 2.08 bits per heavy atom. The van der Waals surface area contributed by atoms with Crippen molar-refractivity contribution >= 4 is 11.8 Å². The van der Waals surface area contributed by atoms with Gasteiger partial charge in [-0.3, -0.25) is 14.3 Å². The highest BCUT2D eigenvalue weighted by Crippen LogP contribution is 2.19. The molecule has 2 aliphatic rings. The number of benzene rings is 1. The quantitative estimate of drug-likeness (QED) is 0.547. The van der Waals surface area contributed by atoms with Gasteiger partial charge in [0.25, 0.3) is 11.8 Å². The highest BCUT2D eigenvalue weighted by atomic mass is 16.5. The monoisotopic (exact) mass is 495 g/mol. The van der Waals surface area contributed by atoms with Gasteiger partial charge < -0.3 is 19.4 Å². The number of aromatic nitrogens is 2. The number of amides is 2. The van der Waals surface area contributed by atoms with Gasteiger partial charge in [-0.05, 0) is 90.4 Å². The van der Waals surface area contributed by atoms with Gasteiger partial charge in [0.2, 0.25) is 0 Å². The van der Waals surface area contributed by atoms with E-state index in [2.05, 4.69) is 30.8 Å². The van der Waals surface area contributed by atoms with Crippen molar-refractivity contribution in [2.24, 2.45) is 0 Å². The molecule has 8 nitrogen and oxygen atoms in total. The number of carbonyl (C=O) groups is 2. The normalized spacial score (nSPS) is 17.3. The number of ether oxygens (including phenoxy) is 1. The van der Waals surface area contributed by atoms with Crippen LogP contribution in [0.5, 0.6) is 5.75 Å². The standard InChI is InChI=1S/C28H41N5O3/c1-22-21-25(29-33(22)28(2,3)4)27(35)32-18-16-31(17-19-32)26(34)23-9-11-24(12-10-23)36-20-8-15-30-13-6-5-7-14-30/h9-12,21H,5-8,13-20H2,1-4H3. The molecule has 0 saturated carbocycles.